The molecule has 0 aliphatic carbocycles. The van der Waals surface area contributed by atoms with E-state index >= 15 is 0 Å². The molecular weight excluding hydrogens is 367 g/mol. The highest BCUT2D eigenvalue weighted by Crippen LogP contribution is 2.41. The fraction of sp³-hybridized carbons (Fsp3) is 0.250. The van der Waals surface area contributed by atoms with E-state index in [0.717, 1.165) is 16.1 Å². The van der Waals surface area contributed by atoms with E-state index in [-0.39, 0.29) is 12.4 Å². The lowest BCUT2D eigenvalue weighted by Gasteiger charge is -2.49. The van der Waals surface area contributed by atoms with E-state index in [1.54, 1.807) is 36.4 Å². The number of hydrogen-bond acceptors (Lipinski definition) is 4. The van der Waals surface area contributed by atoms with Crippen molar-refractivity contribution in [3.8, 4) is 17.9 Å². The first kappa shape index (κ1) is 19.1. The molecule has 0 saturated carbocycles. The number of nitrogens with zero attached hydrogens (tertiary/aromatic N) is 2. The zero-order valence-corrected chi connectivity index (χ0v) is 15.3. The number of hydrogen-bond donors (Lipinski definition) is 1. The summed E-state index contributed by atoms with van der Waals surface area (Å²) in [5, 5.41) is 18.9. The van der Waals surface area contributed by atoms with Gasteiger partial charge in [-0.2, -0.15) is 9.57 Å². The van der Waals surface area contributed by atoms with E-state index in [1.807, 2.05) is 6.07 Å². The second kappa shape index (κ2) is 7.50. The Labute approximate surface area is 157 Å². The van der Waals surface area contributed by atoms with Gasteiger partial charge in [0.05, 0.1) is 25.0 Å². The Kier molecular flexibility index (Phi) is 5.29. The highest BCUT2D eigenvalue weighted by Gasteiger charge is 2.53. The predicted molar refractivity (Wildman–Crippen MR) is 98.5 cm³/mol. The van der Waals surface area contributed by atoms with Gasteiger partial charge in [0.1, 0.15) is 11.9 Å². The van der Waals surface area contributed by atoms with E-state index in [1.165, 1.54) is 12.1 Å². The SMILES string of the molecule is CS(=O)(=O)N1[C@@H](C#N)[C@H](c2ccc(C#Cc3cccc(F)c3)cc2)[C@@H]1CO. The largest absolute Gasteiger partial charge is 0.395 e. The second-order valence-electron chi connectivity index (χ2n) is 6.32. The zero-order valence-electron chi connectivity index (χ0n) is 14.5. The summed E-state index contributed by atoms with van der Waals surface area (Å²) in [5.41, 5.74) is 2.03. The molecule has 3 rings (SSSR count). The Bertz CT molecular complexity index is 1050. The third-order valence-electron chi connectivity index (χ3n) is 4.53. The molecule has 1 aliphatic heterocycles. The molecule has 0 aromatic heterocycles. The Morgan fingerprint density at radius 2 is 1.81 bits per heavy atom. The van der Waals surface area contributed by atoms with E-state index in [0.29, 0.717) is 11.1 Å². The third-order valence-corrected chi connectivity index (χ3v) is 5.79. The Morgan fingerprint density at radius 3 is 2.37 bits per heavy atom. The van der Waals surface area contributed by atoms with Gasteiger partial charge in [0.25, 0.3) is 0 Å². The van der Waals surface area contributed by atoms with Gasteiger partial charge >= 0.3 is 0 Å². The average Bonchev–Trinajstić information content (AvgIpc) is 2.60. The molecule has 0 radical (unpaired) electrons. The monoisotopic (exact) mass is 384 g/mol. The molecule has 138 valence electrons. The van der Waals surface area contributed by atoms with Crippen LogP contribution in [0.2, 0.25) is 0 Å². The highest BCUT2D eigenvalue weighted by molar-refractivity contribution is 7.88. The normalized spacial score (nSPS) is 22.2. The van der Waals surface area contributed by atoms with Crippen molar-refractivity contribution < 1.29 is 17.9 Å². The number of aliphatic hydroxyl groups excluding tert-OH is 1. The molecule has 0 unspecified atom stereocenters. The molecule has 5 nitrogen and oxygen atoms in total. The van der Waals surface area contributed by atoms with Crippen LogP contribution in [0.15, 0.2) is 48.5 Å². The minimum atomic E-state index is -3.58. The molecular formula is C20H17FN2O3S. The van der Waals surface area contributed by atoms with Gasteiger partial charge in [-0.05, 0) is 35.9 Å². The maximum absolute atomic E-state index is 13.2. The van der Waals surface area contributed by atoms with Gasteiger partial charge in [-0.15, -0.1) is 0 Å². The van der Waals surface area contributed by atoms with Gasteiger partial charge in [-0.1, -0.05) is 30.0 Å². The molecule has 7 heteroatoms. The Balaban J connectivity index is 1.83. The summed E-state index contributed by atoms with van der Waals surface area (Å²) in [6.07, 6.45) is 1.03. The molecule has 1 heterocycles. The first-order valence-electron chi connectivity index (χ1n) is 8.21. The molecule has 0 amide bonds. The summed E-state index contributed by atoms with van der Waals surface area (Å²) < 4.78 is 37.9. The Morgan fingerprint density at radius 1 is 1.15 bits per heavy atom. The summed E-state index contributed by atoms with van der Waals surface area (Å²) in [4.78, 5) is 0. The first-order valence-corrected chi connectivity index (χ1v) is 10.1. The van der Waals surface area contributed by atoms with Crippen molar-refractivity contribution in [2.75, 3.05) is 12.9 Å². The van der Waals surface area contributed by atoms with Crippen molar-refractivity contribution in [2.24, 2.45) is 0 Å². The van der Waals surface area contributed by atoms with Crippen LogP contribution in [0.4, 0.5) is 4.39 Å². The highest BCUT2D eigenvalue weighted by atomic mass is 32.2. The lowest BCUT2D eigenvalue weighted by Crippen LogP contribution is -2.64. The maximum Gasteiger partial charge on any atom is 0.212 e. The van der Waals surface area contributed by atoms with E-state index in [4.69, 9.17) is 0 Å². The van der Waals surface area contributed by atoms with Crippen LogP contribution in [-0.4, -0.2) is 42.8 Å². The van der Waals surface area contributed by atoms with Crippen molar-refractivity contribution in [3.63, 3.8) is 0 Å². The fourth-order valence-electron chi connectivity index (χ4n) is 3.32. The molecule has 27 heavy (non-hydrogen) atoms. The number of rotatable bonds is 3. The molecule has 1 fully saturated rings. The van der Waals surface area contributed by atoms with Crippen molar-refractivity contribution in [1.29, 1.82) is 5.26 Å². The van der Waals surface area contributed by atoms with Crippen LogP contribution in [0.3, 0.4) is 0 Å². The molecule has 2 aromatic carbocycles. The minimum absolute atomic E-state index is 0.352. The Hall–Kier alpha value is -2.71. The molecule has 0 bridgehead atoms. The fourth-order valence-corrected chi connectivity index (χ4v) is 4.60. The van der Waals surface area contributed by atoms with Gasteiger partial charge in [0, 0.05) is 17.0 Å². The van der Waals surface area contributed by atoms with Crippen LogP contribution in [0.25, 0.3) is 0 Å². The smallest absolute Gasteiger partial charge is 0.212 e. The molecule has 1 saturated heterocycles. The van der Waals surface area contributed by atoms with Crippen LogP contribution >= 0.6 is 0 Å². The molecule has 1 N–H and O–H groups in total. The number of sulfonamides is 1. The summed E-state index contributed by atoms with van der Waals surface area (Å²) in [5.74, 6) is 5.06. The summed E-state index contributed by atoms with van der Waals surface area (Å²) in [6.45, 7) is -0.364. The van der Waals surface area contributed by atoms with Crippen LogP contribution in [0, 0.1) is 29.0 Å². The maximum atomic E-state index is 13.2. The lowest BCUT2D eigenvalue weighted by molar-refractivity contribution is 0.0564. The third kappa shape index (κ3) is 3.86. The van der Waals surface area contributed by atoms with E-state index < -0.39 is 28.0 Å². The number of halogens is 1. The lowest BCUT2D eigenvalue weighted by atomic mass is 9.78. The minimum Gasteiger partial charge on any atom is -0.395 e. The van der Waals surface area contributed by atoms with Crippen LogP contribution in [0.1, 0.15) is 22.6 Å². The topological polar surface area (TPSA) is 81.4 Å². The van der Waals surface area contributed by atoms with Gasteiger partial charge in [0.15, 0.2) is 0 Å². The standard InChI is InChI=1S/C20H17FN2O3S/c1-27(25,26)23-18(12-22)20(19(23)13-24)16-9-7-14(8-10-16)5-6-15-3-2-4-17(21)11-15/h2-4,7-11,18-20,24H,13H2,1H3/t18-,19-,20-/m0/s1. The van der Waals surface area contributed by atoms with Crippen LogP contribution in [0.5, 0.6) is 0 Å². The average molecular weight is 384 g/mol. The van der Waals surface area contributed by atoms with E-state index in [2.05, 4.69) is 11.8 Å². The van der Waals surface area contributed by atoms with Crippen molar-refractivity contribution in [3.05, 3.63) is 71.0 Å². The first-order chi connectivity index (χ1) is 12.8. The van der Waals surface area contributed by atoms with Crippen molar-refractivity contribution >= 4 is 10.0 Å². The van der Waals surface area contributed by atoms with Crippen LogP contribution < -0.4 is 0 Å². The quantitative estimate of drug-likeness (QED) is 0.819. The number of aliphatic hydroxyl groups is 1. The van der Waals surface area contributed by atoms with Crippen molar-refractivity contribution in [1.82, 2.24) is 4.31 Å². The molecule has 1 aliphatic rings. The van der Waals surface area contributed by atoms with Gasteiger partial charge in [-0.3, -0.25) is 0 Å². The predicted octanol–water partition coefficient (Wildman–Crippen LogP) is 1.84. The molecule has 3 atom stereocenters. The molecule has 2 aromatic rings. The second-order valence-corrected chi connectivity index (χ2v) is 8.21. The zero-order chi connectivity index (χ0) is 19.6. The summed E-state index contributed by atoms with van der Waals surface area (Å²) >= 11 is 0. The number of nitriles is 1. The summed E-state index contributed by atoms with van der Waals surface area (Å²) in [6, 6.07) is 13.6. The van der Waals surface area contributed by atoms with Gasteiger partial charge in [-0.25, -0.2) is 12.8 Å². The van der Waals surface area contributed by atoms with Crippen molar-refractivity contribution in [2.45, 2.75) is 18.0 Å². The summed E-state index contributed by atoms with van der Waals surface area (Å²) in [7, 11) is -3.58. The molecule has 0 spiro atoms. The van der Waals surface area contributed by atoms with Gasteiger partial charge < -0.3 is 5.11 Å². The van der Waals surface area contributed by atoms with Crippen LogP contribution in [-0.2, 0) is 10.0 Å². The number of benzene rings is 2. The van der Waals surface area contributed by atoms with E-state index in [9.17, 15) is 23.2 Å². The van der Waals surface area contributed by atoms with Gasteiger partial charge in [0.2, 0.25) is 10.0 Å².